The monoisotopic (exact) mass is 298 g/mol. The zero-order chi connectivity index (χ0) is 14.5. The molecule has 0 saturated heterocycles. The lowest BCUT2D eigenvalue weighted by Gasteiger charge is -2.07. The number of anilines is 1. The van der Waals surface area contributed by atoms with E-state index >= 15 is 0 Å². The number of hydrogen-bond donors (Lipinski definition) is 2. The third-order valence-electron chi connectivity index (χ3n) is 2.28. The van der Waals surface area contributed by atoms with Gasteiger partial charge in [-0.1, -0.05) is 11.8 Å². The highest BCUT2D eigenvalue weighted by Crippen LogP contribution is 2.28. The molecule has 1 heterocycles. The van der Waals surface area contributed by atoms with Crippen molar-refractivity contribution < 1.29 is 13.5 Å². The molecule has 0 aliphatic carbocycles. The molecule has 0 aliphatic heterocycles. The van der Waals surface area contributed by atoms with Gasteiger partial charge in [-0.15, -0.1) is 0 Å². The zero-order valence-electron chi connectivity index (χ0n) is 10.6. The van der Waals surface area contributed by atoms with Gasteiger partial charge in [0.2, 0.25) is 0 Å². The number of aromatic nitrogens is 2. The van der Waals surface area contributed by atoms with Gasteiger partial charge in [0.1, 0.15) is 17.5 Å². The Labute approximate surface area is 118 Å². The number of ether oxygens (including phenoxy) is 1. The first kappa shape index (κ1) is 14.6. The van der Waals surface area contributed by atoms with Crippen LogP contribution >= 0.6 is 11.8 Å². The first-order chi connectivity index (χ1) is 9.62. The SMILES string of the molecule is COCc1nc(NN)cc(Sc2ccc(F)c(F)c2)n1. The summed E-state index contributed by atoms with van der Waals surface area (Å²) in [5.41, 5.74) is 2.42. The minimum atomic E-state index is -0.904. The summed E-state index contributed by atoms with van der Waals surface area (Å²) in [5.74, 6) is 4.38. The number of methoxy groups -OCH3 is 1. The number of nitrogens with zero attached hydrogens (tertiary/aromatic N) is 2. The van der Waals surface area contributed by atoms with Gasteiger partial charge < -0.3 is 10.2 Å². The summed E-state index contributed by atoms with van der Waals surface area (Å²) in [5, 5.41) is 0.547. The second-order valence-electron chi connectivity index (χ2n) is 3.76. The van der Waals surface area contributed by atoms with Gasteiger partial charge in [-0.2, -0.15) is 0 Å². The first-order valence-corrected chi connectivity index (χ1v) is 6.40. The molecular weight excluding hydrogens is 286 g/mol. The van der Waals surface area contributed by atoms with E-state index in [4.69, 9.17) is 10.6 Å². The van der Waals surface area contributed by atoms with Crippen LogP contribution in [0.15, 0.2) is 34.2 Å². The van der Waals surface area contributed by atoms with Gasteiger partial charge in [0.15, 0.2) is 17.5 Å². The van der Waals surface area contributed by atoms with Crippen molar-refractivity contribution in [3.05, 3.63) is 41.7 Å². The molecule has 0 saturated carbocycles. The van der Waals surface area contributed by atoms with Crippen LogP contribution in [0.5, 0.6) is 0 Å². The molecule has 0 aliphatic rings. The Bertz CT molecular complexity index is 612. The van der Waals surface area contributed by atoms with E-state index in [1.165, 1.54) is 24.9 Å². The fourth-order valence-corrected chi connectivity index (χ4v) is 2.32. The Balaban J connectivity index is 2.27. The number of nitrogens with one attached hydrogen (secondary N) is 1. The molecule has 1 aromatic carbocycles. The molecule has 0 atom stereocenters. The van der Waals surface area contributed by atoms with E-state index in [-0.39, 0.29) is 6.61 Å². The van der Waals surface area contributed by atoms with Gasteiger partial charge >= 0.3 is 0 Å². The summed E-state index contributed by atoms with van der Waals surface area (Å²) in [7, 11) is 1.52. The minimum Gasteiger partial charge on any atom is -0.377 e. The molecule has 8 heteroatoms. The maximum absolute atomic E-state index is 13.2. The number of nitrogens with two attached hydrogens (primary N) is 1. The highest BCUT2D eigenvalue weighted by molar-refractivity contribution is 7.99. The fourth-order valence-electron chi connectivity index (χ4n) is 1.45. The van der Waals surface area contributed by atoms with Crippen LogP contribution in [0.3, 0.4) is 0 Å². The number of nitrogen functional groups attached to an aromatic ring is 1. The minimum absolute atomic E-state index is 0.223. The van der Waals surface area contributed by atoms with Gasteiger partial charge in [0, 0.05) is 18.1 Å². The summed E-state index contributed by atoms with van der Waals surface area (Å²) in [4.78, 5) is 8.85. The number of halogens is 2. The normalized spacial score (nSPS) is 10.6. The van der Waals surface area contributed by atoms with Crippen molar-refractivity contribution in [3.63, 3.8) is 0 Å². The summed E-state index contributed by atoms with van der Waals surface area (Å²) < 4.78 is 31.0. The molecule has 0 bridgehead atoms. The number of hydrogen-bond acceptors (Lipinski definition) is 6. The predicted molar refractivity (Wildman–Crippen MR) is 71.0 cm³/mol. The predicted octanol–water partition coefficient (Wildman–Crippen LogP) is 2.34. The van der Waals surface area contributed by atoms with Crippen molar-refractivity contribution in [1.82, 2.24) is 9.97 Å². The van der Waals surface area contributed by atoms with E-state index in [2.05, 4.69) is 15.4 Å². The van der Waals surface area contributed by atoms with Crippen molar-refractivity contribution in [3.8, 4) is 0 Å². The molecule has 5 nitrogen and oxygen atoms in total. The van der Waals surface area contributed by atoms with E-state index in [1.807, 2.05) is 0 Å². The van der Waals surface area contributed by atoms with Gasteiger partial charge in [-0.3, -0.25) is 0 Å². The first-order valence-electron chi connectivity index (χ1n) is 5.59. The third-order valence-corrected chi connectivity index (χ3v) is 3.19. The molecule has 106 valence electrons. The average Bonchev–Trinajstić information content (AvgIpc) is 2.43. The lowest BCUT2D eigenvalue weighted by atomic mass is 10.3. The number of hydrazine groups is 1. The van der Waals surface area contributed by atoms with Crippen molar-refractivity contribution in [2.75, 3.05) is 12.5 Å². The molecule has 3 N–H and O–H groups in total. The van der Waals surface area contributed by atoms with Crippen LogP contribution in [0.25, 0.3) is 0 Å². The molecule has 0 radical (unpaired) electrons. The van der Waals surface area contributed by atoms with E-state index in [0.717, 1.165) is 12.1 Å². The summed E-state index contributed by atoms with van der Waals surface area (Å²) in [6.07, 6.45) is 0. The van der Waals surface area contributed by atoms with Gasteiger partial charge in [0.05, 0.1) is 0 Å². The standard InChI is InChI=1S/C12H12F2N4OS/c1-19-6-11-16-10(18-15)5-12(17-11)20-7-2-3-8(13)9(14)4-7/h2-5H,6,15H2,1H3,(H,16,17,18). The van der Waals surface area contributed by atoms with Crippen LogP contribution < -0.4 is 11.3 Å². The average molecular weight is 298 g/mol. The molecule has 2 aromatic rings. The van der Waals surface area contributed by atoms with E-state index < -0.39 is 11.6 Å². The van der Waals surface area contributed by atoms with Crippen LogP contribution in [-0.2, 0) is 11.3 Å². The van der Waals surface area contributed by atoms with Crippen LogP contribution in [0.4, 0.5) is 14.6 Å². The smallest absolute Gasteiger partial charge is 0.159 e. The summed E-state index contributed by atoms with van der Waals surface area (Å²) >= 11 is 1.17. The van der Waals surface area contributed by atoms with E-state index in [0.29, 0.717) is 21.6 Å². The quantitative estimate of drug-likeness (QED) is 0.501. The third kappa shape index (κ3) is 3.62. The Hall–Kier alpha value is -1.77. The number of rotatable bonds is 5. The summed E-state index contributed by atoms with van der Waals surface area (Å²) in [6.45, 7) is 0.223. The van der Waals surface area contributed by atoms with E-state index in [9.17, 15) is 8.78 Å². The second kappa shape index (κ2) is 6.60. The zero-order valence-corrected chi connectivity index (χ0v) is 11.4. The maximum atomic E-state index is 13.2. The van der Waals surface area contributed by atoms with Crippen molar-refractivity contribution in [2.24, 2.45) is 5.84 Å². The Morgan fingerprint density at radius 3 is 2.70 bits per heavy atom. The highest BCUT2D eigenvalue weighted by atomic mass is 32.2. The lowest BCUT2D eigenvalue weighted by molar-refractivity contribution is 0.177. The maximum Gasteiger partial charge on any atom is 0.159 e. The van der Waals surface area contributed by atoms with Crippen LogP contribution in [-0.4, -0.2) is 17.1 Å². The Morgan fingerprint density at radius 1 is 1.25 bits per heavy atom. The summed E-state index contributed by atoms with van der Waals surface area (Å²) in [6, 6.07) is 5.24. The molecule has 0 spiro atoms. The molecule has 20 heavy (non-hydrogen) atoms. The van der Waals surface area contributed by atoms with Gasteiger partial charge in [-0.05, 0) is 18.2 Å². The molecule has 0 unspecified atom stereocenters. The molecule has 0 fully saturated rings. The van der Waals surface area contributed by atoms with Crippen LogP contribution in [0, 0.1) is 11.6 Å². The van der Waals surface area contributed by atoms with Crippen LogP contribution in [0.2, 0.25) is 0 Å². The molecule has 2 rings (SSSR count). The number of benzene rings is 1. The molecule has 0 amide bonds. The Kier molecular flexibility index (Phi) is 4.83. The molecule has 1 aromatic heterocycles. The Morgan fingerprint density at radius 2 is 2.05 bits per heavy atom. The van der Waals surface area contributed by atoms with Gasteiger partial charge in [0.25, 0.3) is 0 Å². The van der Waals surface area contributed by atoms with Crippen molar-refractivity contribution >= 4 is 17.6 Å². The van der Waals surface area contributed by atoms with Crippen LogP contribution in [0.1, 0.15) is 5.82 Å². The molecular formula is C12H12F2N4OS. The highest BCUT2D eigenvalue weighted by Gasteiger charge is 2.08. The van der Waals surface area contributed by atoms with Crippen molar-refractivity contribution in [1.29, 1.82) is 0 Å². The second-order valence-corrected chi connectivity index (χ2v) is 4.86. The lowest BCUT2D eigenvalue weighted by Crippen LogP contribution is -2.11. The van der Waals surface area contributed by atoms with E-state index in [1.54, 1.807) is 6.07 Å². The fraction of sp³-hybridized carbons (Fsp3) is 0.167. The topological polar surface area (TPSA) is 73.1 Å². The van der Waals surface area contributed by atoms with Crippen molar-refractivity contribution in [2.45, 2.75) is 16.5 Å². The van der Waals surface area contributed by atoms with Gasteiger partial charge in [-0.25, -0.2) is 24.6 Å². The largest absolute Gasteiger partial charge is 0.377 e.